The van der Waals surface area contributed by atoms with Crippen molar-refractivity contribution >= 4 is 28.4 Å². The van der Waals surface area contributed by atoms with Gasteiger partial charge in [-0.05, 0) is 54.1 Å². The summed E-state index contributed by atoms with van der Waals surface area (Å²) in [7, 11) is 0. The van der Waals surface area contributed by atoms with E-state index < -0.39 is 5.91 Å². The van der Waals surface area contributed by atoms with E-state index in [4.69, 9.17) is 10.5 Å². The summed E-state index contributed by atoms with van der Waals surface area (Å²) < 4.78 is 7.75. The summed E-state index contributed by atoms with van der Waals surface area (Å²) >= 11 is 0. The van der Waals surface area contributed by atoms with Crippen LogP contribution in [0.25, 0.3) is 10.9 Å². The van der Waals surface area contributed by atoms with Crippen molar-refractivity contribution in [2.24, 2.45) is 5.73 Å². The molecule has 6 heteroatoms. The zero-order valence-corrected chi connectivity index (χ0v) is 16.2. The Morgan fingerprint density at radius 1 is 0.933 bits per heavy atom. The average Bonchev–Trinajstić information content (AvgIpc) is 3.15. The third-order valence-corrected chi connectivity index (χ3v) is 4.76. The molecular weight excluding hydrogens is 378 g/mol. The quantitative estimate of drug-likeness (QED) is 0.493. The molecule has 3 N–H and O–H groups in total. The Balaban J connectivity index is 1.40. The van der Waals surface area contributed by atoms with Crippen molar-refractivity contribution in [2.75, 3.05) is 5.32 Å². The van der Waals surface area contributed by atoms with Gasteiger partial charge in [-0.25, -0.2) is 0 Å². The fraction of sp³-hybridized carbons (Fsp3) is 0.0833. The first-order valence-corrected chi connectivity index (χ1v) is 9.54. The van der Waals surface area contributed by atoms with E-state index in [1.165, 1.54) is 0 Å². The number of primary amides is 1. The summed E-state index contributed by atoms with van der Waals surface area (Å²) in [5.74, 6) is 0.116. The van der Waals surface area contributed by atoms with Crippen LogP contribution in [0.5, 0.6) is 5.75 Å². The number of ether oxygens (including phenoxy) is 1. The minimum absolute atomic E-state index is 0.163. The molecule has 0 aliphatic rings. The van der Waals surface area contributed by atoms with Crippen LogP contribution in [-0.2, 0) is 17.9 Å². The number of rotatable bonds is 7. The van der Waals surface area contributed by atoms with Crippen molar-refractivity contribution in [1.29, 1.82) is 0 Å². The predicted molar refractivity (Wildman–Crippen MR) is 116 cm³/mol. The number of carbonyl (C=O) groups excluding carboxylic acids is 2. The number of nitrogens with zero attached hydrogens (tertiary/aromatic N) is 1. The lowest BCUT2D eigenvalue weighted by Crippen LogP contribution is -2.18. The molecule has 1 heterocycles. The minimum atomic E-state index is -0.501. The number of amides is 2. The zero-order valence-electron chi connectivity index (χ0n) is 16.2. The van der Waals surface area contributed by atoms with Gasteiger partial charge in [0.05, 0.1) is 0 Å². The van der Waals surface area contributed by atoms with Gasteiger partial charge in [0.2, 0.25) is 11.8 Å². The number of hydrogen-bond acceptors (Lipinski definition) is 3. The van der Waals surface area contributed by atoms with Crippen LogP contribution in [0.4, 0.5) is 5.69 Å². The number of hydrogen-bond donors (Lipinski definition) is 2. The van der Waals surface area contributed by atoms with Crippen molar-refractivity contribution in [1.82, 2.24) is 4.57 Å². The van der Waals surface area contributed by atoms with Crippen LogP contribution in [0.3, 0.4) is 0 Å². The molecule has 0 bridgehead atoms. The Hall–Kier alpha value is -4.06. The molecule has 4 rings (SSSR count). The summed E-state index contributed by atoms with van der Waals surface area (Å²) in [6.07, 6.45) is 1.88. The third kappa shape index (κ3) is 4.50. The normalized spacial score (nSPS) is 10.7. The SMILES string of the molecule is NC(=O)c1ccc(NC(=O)Cn2ccc3cc(OCc4ccccc4)ccc32)cc1. The van der Waals surface area contributed by atoms with Crippen LogP contribution in [-0.4, -0.2) is 16.4 Å². The second-order valence-electron chi connectivity index (χ2n) is 6.93. The van der Waals surface area contributed by atoms with E-state index in [1.54, 1.807) is 24.3 Å². The molecule has 150 valence electrons. The Morgan fingerprint density at radius 3 is 2.43 bits per heavy atom. The van der Waals surface area contributed by atoms with Crippen LogP contribution < -0.4 is 15.8 Å². The maximum atomic E-state index is 12.4. The molecule has 0 atom stereocenters. The summed E-state index contributed by atoms with van der Waals surface area (Å²) in [4.78, 5) is 23.6. The van der Waals surface area contributed by atoms with Gasteiger partial charge in [0.15, 0.2) is 0 Å². The molecule has 6 nitrogen and oxygen atoms in total. The van der Waals surface area contributed by atoms with Crippen molar-refractivity contribution in [3.8, 4) is 5.75 Å². The third-order valence-electron chi connectivity index (χ3n) is 4.76. The van der Waals surface area contributed by atoms with Crippen LogP contribution >= 0.6 is 0 Å². The van der Waals surface area contributed by atoms with Gasteiger partial charge in [-0.3, -0.25) is 9.59 Å². The van der Waals surface area contributed by atoms with Crippen LogP contribution in [0.15, 0.2) is 85.1 Å². The fourth-order valence-electron chi connectivity index (χ4n) is 3.22. The highest BCUT2D eigenvalue weighted by molar-refractivity contribution is 5.95. The Kier molecular flexibility index (Phi) is 5.48. The predicted octanol–water partition coefficient (Wildman–Crippen LogP) is 3.96. The van der Waals surface area contributed by atoms with Gasteiger partial charge >= 0.3 is 0 Å². The smallest absolute Gasteiger partial charge is 0.248 e. The van der Waals surface area contributed by atoms with Crippen molar-refractivity contribution in [3.05, 3.63) is 96.2 Å². The second kappa shape index (κ2) is 8.53. The number of carbonyl (C=O) groups is 2. The first-order chi connectivity index (χ1) is 14.6. The summed E-state index contributed by atoms with van der Waals surface area (Å²) in [5.41, 5.74) is 8.29. The lowest BCUT2D eigenvalue weighted by atomic mass is 10.2. The number of nitrogens with two attached hydrogens (primary N) is 1. The lowest BCUT2D eigenvalue weighted by Gasteiger charge is -2.09. The number of aromatic nitrogens is 1. The first-order valence-electron chi connectivity index (χ1n) is 9.54. The standard InChI is InChI=1S/C24H21N3O3/c25-24(29)18-6-8-20(9-7-18)26-23(28)15-27-13-12-19-14-21(10-11-22(19)27)30-16-17-4-2-1-3-5-17/h1-14H,15-16H2,(H2,25,29)(H,26,28). The van der Waals surface area contributed by atoms with E-state index in [2.05, 4.69) is 5.32 Å². The average molecular weight is 399 g/mol. The molecule has 1 aromatic heterocycles. The molecule has 2 amide bonds. The maximum Gasteiger partial charge on any atom is 0.248 e. The molecule has 0 saturated carbocycles. The van der Waals surface area contributed by atoms with Crippen LogP contribution in [0, 0.1) is 0 Å². The molecule has 3 aromatic carbocycles. The zero-order chi connectivity index (χ0) is 20.9. The lowest BCUT2D eigenvalue weighted by molar-refractivity contribution is -0.116. The monoisotopic (exact) mass is 399 g/mol. The first kappa shape index (κ1) is 19.3. The van der Waals surface area contributed by atoms with E-state index in [-0.39, 0.29) is 12.5 Å². The van der Waals surface area contributed by atoms with E-state index in [0.717, 1.165) is 22.2 Å². The Bertz CT molecular complexity index is 1180. The largest absolute Gasteiger partial charge is 0.489 e. The summed E-state index contributed by atoms with van der Waals surface area (Å²) in [6.45, 7) is 0.676. The minimum Gasteiger partial charge on any atom is -0.489 e. The van der Waals surface area contributed by atoms with E-state index in [1.807, 2.05) is 65.4 Å². The maximum absolute atomic E-state index is 12.4. The van der Waals surface area contributed by atoms with Gasteiger partial charge in [0.25, 0.3) is 0 Å². The van der Waals surface area contributed by atoms with Crippen LogP contribution in [0.1, 0.15) is 15.9 Å². The number of fused-ring (bicyclic) bond motifs is 1. The molecule has 0 fully saturated rings. The van der Waals surface area contributed by atoms with E-state index >= 15 is 0 Å². The molecule has 0 saturated heterocycles. The Labute approximate surface area is 173 Å². The molecule has 0 spiro atoms. The highest BCUT2D eigenvalue weighted by Gasteiger charge is 2.09. The second-order valence-corrected chi connectivity index (χ2v) is 6.93. The number of benzene rings is 3. The molecule has 30 heavy (non-hydrogen) atoms. The number of nitrogens with one attached hydrogen (secondary N) is 1. The van der Waals surface area contributed by atoms with Crippen molar-refractivity contribution in [2.45, 2.75) is 13.2 Å². The molecular formula is C24H21N3O3. The van der Waals surface area contributed by atoms with Gasteiger partial charge in [-0.1, -0.05) is 30.3 Å². The highest BCUT2D eigenvalue weighted by atomic mass is 16.5. The molecule has 4 aromatic rings. The number of anilines is 1. The van der Waals surface area contributed by atoms with Gasteiger partial charge < -0.3 is 20.4 Å². The summed E-state index contributed by atoms with van der Waals surface area (Å²) in [6, 6.07) is 24.2. The Morgan fingerprint density at radius 2 is 1.70 bits per heavy atom. The van der Waals surface area contributed by atoms with Crippen LogP contribution in [0.2, 0.25) is 0 Å². The topological polar surface area (TPSA) is 86.4 Å². The molecule has 0 unspecified atom stereocenters. The molecule has 0 radical (unpaired) electrons. The van der Waals surface area contributed by atoms with E-state index in [0.29, 0.717) is 17.9 Å². The van der Waals surface area contributed by atoms with Gasteiger partial charge in [0, 0.05) is 28.4 Å². The van der Waals surface area contributed by atoms with Crippen molar-refractivity contribution < 1.29 is 14.3 Å². The molecule has 0 aliphatic carbocycles. The van der Waals surface area contributed by atoms with Crippen molar-refractivity contribution in [3.63, 3.8) is 0 Å². The molecule has 0 aliphatic heterocycles. The summed E-state index contributed by atoms with van der Waals surface area (Å²) in [5, 5.41) is 3.82. The van der Waals surface area contributed by atoms with Gasteiger partial charge in [-0.2, -0.15) is 0 Å². The highest BCUT2D eigenvalue weighted by Crippen LogP contribution is 2.23. The van der Waals surface area contributed by atoms with Gasteiger partial charge in [0.1, 0.15) is 18.9 Å². The van der Waals surface area contributed by atoms with E-state index in [9.17, 15) is 9.59 Å². The van der Waals surface area contributed by atoms with Gasteiger partial charge in [-0.15, -0.1) is 0 Å². The fourth-order valence-corrected chi connectivity index (χ4v) is 3.22.